The maximum Gasteiger partial charge on any atom is 0.259 e. The van der Waals surface area contributed by atoms with Gasteiger partial charge in [0.15, 0.2) is 5.82 Å². The Bertz CT molecular complexity index is 1100. The van der Waals surface area contributed by atoms with Crippen LogP contribution in [0.25, 0.3) is 0 Å². The number of hydrogen-bond acceptors (Lipinski definition) is 4. The topological polar surface area (TPSA) is 75.2 Å². The van der Waals surface area contributed by atoms with Crippen molar-refractivity contribution in [1.82, 2.24) is 14.9 Å². The first kappa shape index (κ1) is 22.0. The number of aryl methyl sites for hydroxylation is 1. The number of nitrogens with one attached hydrogen (secondary N) is 1. The maximum atomic E-state index is 13.0. The molecule has 32 heavy (non-hydrogen) atoms. The molecule has 1 aliphatic heterocycles. The number of carbonyl (C=O) groups excluding carboxylic acids is 2. The molecule has 0 saturated carbocycles. The molecule has 0 unspecified atom stereocenters. The van der Waals surface area contributed by atoms with Crippen LogP contribution in [0.2, 0.25) is 5.02 Å². The van der Waals surface area contributed by atoms with Crippen molar-refractivity contribution in [3.05, 3.63) is 88.5 Å². The van der Waals surface area contributed by atoms with Gasteiger partial charge in [-0.3, -0.25) is 9.59 Å². The van der Waals surface area contributed by atoms with Gasteiger partial charge in [-0.2, -0.15) is 0 Å². The van der Waals surface area contributed by atoms with E-state index < -0.39 is 0 Å². The lowest BCUT2D eigenvalue weighted by Crippen LogP contribution is -2.40. The van der Waals surface area contributed by atoms with E-state index in [1.807, 2.05) is 35.2 Å². The minimum absolute atomic E-state index is 0.0757. The fourth-order valence-corrected chi connectivity index (χ4v) is 4.10. The third kappa shape index (κ3) is 5.14. The van der Waals surface area contributed by atoms with Gasteiger partial charge in [0.05, 0.1) is 23.7 Å². The van der Waals surface area contributed by atoms with Gasteiger partial charge in [-0.25, -0.2) is 9.97 Å². The summed E-state index contributed by atoms with van der Waals surface area (Å²) in [6.07, 6.45) is 4.71. The Morgan fingerprint density at radius 2 is 1.84 bits per heavy atom. The Hall–Kier alpha value is -3.25. The average molecular weight is 449 g/mol. The van der Waals surface area contributed by atoms with E-state index in [1.165, 1.54) is 0 Å². The summed E-state index contributed by atoms with van der Waals surface area (Å²) in [5.41, 5.74) is 2.63. The van der Waals surface area contributed by atoms with Crippen LogP contribution in [0.5, 0.6) is 0 Å². The largest absolute Gasteiger partial charge is 0.332 e. The molecule has 0 spiro atoms. The molecule has 1 aliphatic rings. The summed E-state index contributed by atoms with van der Waals surface area (Å²) in [4.78, 5) is 36.7. The summed E-state index contributed by atoms with van der Waals surface area (Å²) >= 11 is 5.90. The molecular weight excluding hydrogens is 424 g/mol. The van der Waals surface area contributed by atoms with Gasteiger partial charge in [-0.1, -0.05) is 41.9 Å². The Labute approximate surface area is 192 Å². The molecule has 1 aromatic heterocycles. The lowest BCUT2D eigenvalue weighted by molar-refractivity contribution is -0.134. The monoisotopic (exact) mass is 448 g/mol. The second-order valence-electron chi connectivity index (χ2n) is 7.95. The molecule has 2 aromatic carbocycles. The molecule has 1 atom stereocenters. The van der Waals surface area contributed by atoms with Gasteiger partial charge >= 0.3 is 0 Å². The number of aromatic nitrogens is 2. The van der Waals surface area contributed by atoms with E-state index in [1.54, 1.807) is 37.4 Å². The Morgan fingerprint density at radius 3 is 2.56 bits per heavy atom. The van der Waals surface area contributed by atoms with Gasteiger partial charge in [0, 0.05) is 23.5 Å². The average Bonchev–Trinajstić information content (AvgIpc) is 2.81. The van der Waals surface area contributed by atoms with Gasteiger partial charge in [-0.05, 0) is 56.0 Å². The number of amides is 2. The second kappa shape index (κ2) is 9.92. The first-order chi connectivity index (χ1) is 15.5. The summed E-state index contributed by atoms with van der Waals surface area (Å²) in [6.45, 7) is 2.48. The van der Waals surface area contributed by atoms with Crippen LogP contribution in [0.15, 0.2) is 60.8 Å². The molecular formula is C25H25ClN4O2. The summed E-state index contributed by atoms with van der Waals surface area (Å²) in [7, 11) is 0. The van der Waals surface area contributed by atoms with Gasteiger partial charge in [0.25, 0.3) is 5.91 Å². The van der Waals surface area contributed by atoms with Crippen LogP contribution < -0.4 is 5.32 Å². The van der Waals surface area contributed by atoms with Crippen LogP contribution in [-0.4, -0.2) is 33.2 Å². The Balaban J connectivity index is 1.50. The SMILES string of the molecule is Cc1nc([C@@H]2CCCCN2C(=O)Cc2ccccc2)ncc1C(=O)Nc1ccc(Cl)cc1. The third-order valence-corrected chi connectivity index (χ3v) is 5.92. The quantitative estimate of drug-likeness (QED) is 0.596. The highest BCUT2D eigenvalue weighted by atomic mass is 35.5. The first-order valence-corrected chi connectivity index (χ1v) is 11.1. The van der Waals surface area contributed by atoms with Crippen molar-refractivity contribution >= 4 is 29.1 Å². The van der Waals surface area contributed by atoms with Crippen LogP contribution >= 0.6 is 11.6 Å². The number of benzene rings is 2. The summed E-state index contributed by atoms with van der Waals surface area (Å²) in [5.74, 6) is 0.385. The zero-order valence-corrected chi connectivity index (χ0v) is 18.7. The first-order valence-electron chi connectivity index (χ1n) is 10.7. The zero-order chi connectivity index (χ0) is 22.5. The highest BCUT2D eigenvalue weighted by Gasteiger charge is 2.30. The van der Waals surface area contributed by atoms with Crippen LogP contribution in [0.1, 0.15) is 52.7 Å². The van der Waals surface area contributed by atoms with E-state index in [2.05, 4.69) is 15.3 Å². The molecule has 0 aliphatic carbocycles. The fourth-order valence-electron chi connectivity index (χ4n) is 3.97. The van der Waals surface area contributed by atoms with Crippen molar-refractivity contribution in [1.29, 1.82) is 0 Å². The smallest absolute Gasteiger partial charge is 0.259 e. The van der Waals surface area contributed by atoms with Crippen molar-refractivity contribution in [2.75, 3.05) is 11.9 Å². The summed E-state index contributed by atoms with van der Waals surface area (Å²) < 4.78 is 0. The highest BCUT2D eigenvalue weighted by Crippen LogP contribution is 2.30. The molecule has 1 fully saturated rings. The molecule has 6 nitrogen and oxygen atoms in total. The van der Waals surface area contributed by atoms with Gasteiger partial charge in [0.2, 0.25) is 5.91 Å². The van der Waals surface area contributed by atoms with E-state index in [9.17, 15) is 9.59 Å². The number of likely N-dealkylation sites (tertiary alicyclic amines) is 1. The van der Waals surface area contributed by atoms with Gasteiger partial charge in [0.1, 0.15) is 0 Å². The van der Waals surface area contributed by atoms with E-state index in [0.29, 0.717) is 40.8 Å². The van der Waals surface area contributed by atoms with Gasteiger partial charge < -0.3 is 10.2 Å². The fraction of sp³-hybridized carbons (Fsp3) is 0.280. The van der Waals surface area contributed by atoms with E-state index in [0.717, 1.165) is 24.8 Å². The molecule has 3 aromatic rings. The molecule has 164 valence electrons. The summed E-state index contributed by atoms with van der Waals surface area (Å²) in [6, 6.07) is 16.5. The number of carbonyl (C=O) groups is 2. The molecule has 0 radical (unpaired) electrons. The molecule has 2 heterocycles. The molecule has 2 amide bonds. The predicted molar refractivity (Wildman–Crippen MR) is 125 cm³/mol. The lowest BCUT2D eigenvalue weighted by Gasteiger charge is -2.35. The van der Waals surface area contributed by atoms with Crippen molar-refractivity contribution in [3.8, 4) is 0 Å². The number of halogens is 1. The van der Waals surface area contributed by atoms with Crippen LogP contribution in [0, 0.1) is 6.92 Å². The minimum atomic E-state index is -0.281. The second-order valence-corrected chi connectivity index (χ2v) is 8.39. The van der Waals surface area contributed by atoms with E-state index >= 15 is 0 Å². The standard InChI is InChI=1S/C25H25ClN4O2/c1-17-21(25(32)29-20-12-10-19(26)11-13-20)16-27-24(28-17)22-9-5-6-14-30(22)23(31)15-18-7-3-2-4-8-18/h2-4,7-8,10-13,16,22H,5-6,9,14-15H2,1H3,(H,29,32)/t22-/m0/s1. The van der Waals surface area contributed by atoms with Crippen molar-refractivity contribution in [3.63, 3.8) is 0 Å². The zero-order valence-electron chi connectivity index (χ0n) is 17.9. The molecule has 7 heteroatoms. The molecule has 1 saturated heterocycles. The normalized spacial score (nSPS) is 15.9. The lowest BCUT2D eigenvalue weighted by atomic mass is 9.99. The molecule has 0 bridgehead atoms. The number of anilines is 1. The third-order valence-electron chi connectivity index (χ3n) is 5.66. The van der Waals surface area contributed by atoms with Gasteiger partial charge in [-0.15, -0.1) is 0 Å². The van der Waals surface area contributed by atoms with E-state index in [-0.39, 0.29) is 17.9 Å². The predicted octanol–water partition coefficient (Wildman–Crippen LogP) is 4.99. The summed E-state index contributed by atoms with van der Waals surface area (Å²) in [5, 5.41) is 3.44. The number of piperidine rings is 1. The molecule has 4 rings (SSSR count). The van der Waals surface area contributed by atoms with Crippen molar-refractivity contribution < 1.29 is 9.59 Å². The minimum Gasteiger partial charge on any atom is -0.332 e. The number of rotatable bonds is 5. The van der Waals surface area contributed by atoms with Crippen LogP contribution in [-0.2, 0) is 11.2 Å². The Morgan fingerprint density at radius 1 is 1.09 bits per heavy atom. The van der Waals surface area contributed by atoms with E-state index in [4.69, 9.17) is 11.6 Å². The molecule has 1 N–H and O–H groups in total. The number of nitrogens with zero attached hydrogens (tertiary/aromatic N) is 3. The Kier molecular flexibility index (Phi) is 6.81. The maximum absolute atomic E-state index is 13.0. The van der Waals surface area contributed by atoms with Crippen LogP contribution in [0.4, 0.5) is 5.69 Å². The number of hydrogen-bond donors (Lipinski definition) is 1. The van der Waals surface area contributed by atoms with Crippen LogP contribution in [0.3, 0.4) is 0 Å². The highest BCUT2D eigenvalue weighted by molar-refractivity contribution is 6.30. The van der Waals surface area contributed by atoms with Crippen molar-refractivity contribution in [2.45, 2.75) is 38.6 Å². The van der Waals surface area contributed by atoms with Crippen molar-refractivity contribution in [2.24, 2.45) is 0 Å².